The fourth-order valence-electron chi connectivity index (χ4n) is 4.41. The van der Waals surface area contributed by atoms with Gasteiger partial charge in [0.05, 0.1) is 17.3 Å². The maximum atomic E-state index is 11.0. The SMILES string of the molecule is O=C(O)c1ccc(CN2CCC(n3cc(C4CCCCC4)nn3)CC2)cc1. The van der Waals surface area contributed by atoms with E-state index in [1.54, 1.807) is 12.1 Å². The standard InChI is InChI=1S/C21H28N4O2/c26-21(27)18-8-6-16(7-9-18)14-24-12-10-19(11-13-24)25-15-20(22-23-25)17-4-2-1-3-5-17/h6-9,15,17,19H,1-5,10-14H2,(H,26,27). The van der Waals surface area contributed by atoms with E-state index in [4.69, 9.17) is 5.11 Å². The largest absolute Gasteiger partial charge is 0.478 e. The number of rotatable bonds is 5. The van der Waals surface area contributed by atoms with Crippen LogP contribution in [-0.2, 0) is 6.54 Å². The van der Waals surface area contributed by atoms with Crippen molar-refractivity contribution >= 4 is 5.97 Å². The molecule has 1 aromatic carbocycles. The van der Waals surface area contributed by atoms with Gasteiger partial charge in [0.1, 0.15) is 0 Å². The molecule has 1 aromatic heterocycles. The summed E-state index contributed by atoms with van der Waals surface area (Å²) in [5.41, 5.74) is 2.70. The van der Waals surface area contributed by atoms with Crippen LogP contribution in [0.15, 0.2) is 30.5 Å². The topological polar surface area (TPSA) is 71.2 Å². The van der Waals surface area contributed by atoms with Crippen molar-refractivity contribution in [1.82, 2.24) is 19.9 Å². The first-order valence-corrected chi connectivity index (χ1v) is 10.2. The highest BCUT2D eigenvalue weighted by atomic mass is 16.4. The lowest BCUT2D eigenvalue weighted by molar-refractivity contribution is 0.0697. The van der Waals surface area contributed by atoms with Crippen LogP contribution in [0.25, 0.3) is 0 Å². The Morgan fingerprint density at radius 2 is 1.74 bits per heavy atom. The second-order valence-corrected chi connectivity index (χ2v) is 7.97. The van der Waals surface area contributed by atoms with Crippen LogP contribution in [0.4, 0.5) is 0 Å². The average molecular weight is 368 g/mol. The maximum Gasteiger partial charge on any atom is 0.335 e. The number of carboxylic acids is 1. The van der Waals surface area contributed by atoms with E-state index in [0.717, 1.165) is 32.5 Å². The Morgan fingerprint density at radius 1 is 1.04 bits per heavy atom. The van der Waals surface area contributed by atoms with Gasteiger partial charge in [0, 0.05) is 31.7 Å². The van der Waals surface area contributed by atoms with Crippen LogP contribution in [0, 0.1) is 0 Å². The van der Waals surface area contributed by atoms with Crippen LogP contribution in [0.2, 0.25) is 0 Å². The molecule has 2 heterocycles. The summed E-state index contributed by atoms with van der Waals surface area (Å²) >= 11 is 0. The number of carboxylic acid groups (broad SMARTS) is 1. The molecule has 0 unspecified atom stereocenters. The van der Waals surface area contributed by atoms with E-state index in [1.807, 2.05) is 12.1 Å². The number of nitrogens with zero attached hydrogens (tertiary/aromatic N) is 4. The summed E-state index contributed by atoms with van der Waals surface area (Å²) < 4.78 is 2.10. The van der Waals surface area contributed by atoms with Crippen molar-refractivity contribution in [3.8, 4) is 0 Å². The van der Waals surface area contributed by atoms with Gasteiger partial charge >= 0.3 is 5.97 Å². The molecule has 27 heavy (non-hydrogen) atoms. The van der Waals surface area contributed by atoms with Gasteiger partial charge in [0.2, 0.25) is 0 Å². The summed E-state index contributed by atoms with van der Waals surface area (Å²) in [6, 6.07) is 7.66. The highest BCUT2D eigenvalue weighted by Crippen LogP contribution is 2.32. The summed E-state index contributed by atoms with van der Waals surface area (Å²) in [7, 11) is 0. The minimum Gasteiger partial charge on any atom is -0.478 e. The molecule has 0 radical (unpaired) electrons. The van der Waals surface area contributed by atoms with Crippen molar-refractivity contribution in [2.24, 2.45) is 0 Å². The molecule has 1 aliphatic carbocycles. The van der Waals surface area contributed by atoms with Crippen molar-refractivity contribution in [2.45, 2.75) is 63.5 Å². The van der Waals surface area contributed by atoms with Gasteiger partial charge in [-0.1, -0.05) is 36.6 Å². The van der Waals surface area contributed by atoms with Crippen molar-refractivity contribution in [1.29, 1.82) is 0 Å². The first-order chi connectivity index (χ1) is 13.2. The molecular formula is C21H28N4O2. The minimum atomic E-state index is -0.872. The Labute approximate surface area is 160 Å². The lowest BCUT2D eigenvalue weighted by atomic mass is 9.87. The Morgan fingerprint density at radius 3 is 2.41 bits per heavy atom. The van der Waals surface area contributed by atoms with Crippen molar-refractivity contribution < 1.29 is 9.90 Å². The first kappa shape index (κ1) is 18.2. The monoisotopic (exact) mass is 368 g/mol. The molecule has 4 rings (SSSR count). The molecule has 1 aliphatic heterocycles. The van der Waals surface area contributed by atoms with E-state index >= 15 is 0 Å². The molecule has 6 nitrogen and oxygen atoms in total. The number of benzene rings is 1. The van der Waals surface area contributed by atoms with Gasteiger partial charge in [-0.2, -0.15) is 0 Å². The summed E-state index contributed by atoms with van der Waals surface area (Å²) in [5, 5.41) is 17.9. The predicted molar refractivity (Wildman–Crippen MR) is 103 cm³/mol. The van der Waals surface area contributed by atoms with Crippen LogP contribution >= 0.6 is 0 Å². The number of hydrogen-bond acceptors (Lipinski definition) is 4. The van der Waals surface area contributed by atoms with Crippen molar-refractivity contribution in [2.75, 3.05) is 13.1 Å². The Balaban J connectivity index is 1.30. The number of aromatic nitrogens is 3. The quantitative estimate of drug-likeness (QED) is 0.868. The second-order valence-electron chi connectivity index (χ2n) is 7.97. The lowest BCUT2D eigenvalue weighted by Gasteiger charge is -2.31. The van der Waals surface area contributed by atoms with E-state index in [9.17, 15) is 4.79 Å². The zero-order chi connectivity index (χ0) is 18.6. The fraction of sp³-hybridized carbons (Fsp3) is 0.571. The Hall–Kier alpha value is -2.21. The molecule has 1 saturated carbocycles. The molecule has 6 heteroatoms. The Bertz CT molecular complexity index is 757. The molecule has 0 atom stereocenters. The number of piperidine rings is 1. The van der Waals surface area contributed by atoms with E-state index < -0.39 is 5.97 Å². The van der Waals surface area contributed by atoms with E-state index in [-0.39, 0.29) is 0 Å². The Kier molecular flexibility index (Phi) is 5.53. The third-order valence-electron chi connectivity index (χ3n) is 6.09. The molecule has 2 aromatic rings. The van der Waals surface area contributed by atoms with Gasteiger partial charge < -0.3 is 5.11 Å². The number of aromatic carboxylic acids is 1. The molecule has 2 fully saturated rings. The smallest absolute Gasteiger partial charge is 0.335 e. The van der Waals surface area contributed by atoms with Gasteiger partial charge in [-0.3, -0.25) is 4.90 Å². The number of carbonyl (C=O) groups is 1. The molecule has 1 saturated heterocycles. The molecule has 0 amide bonds. The third kappa shape index (κ3) is 4.38. The van der Waals surface area contributed by atoms with E-state index in [0.29, 0.717) is 17.5 Å². The number of likely N-dealkylation sites (tertiary alicyclic amines) is 1. The van der Waals surface area contributed by atoms with Crippen LogP contribution in [0.5, 0.6) is 0 Å². The van der Waals surface area contributed by atoms with Gasteiger partial charge in [-0.25, -0.2) is 9.48 Å². The second kappa shape index (κ2) is 8.21. The maximum absolute atomic E-state index is 11.0. The zero-order valence-electron chi connectivity index (χ0n) is 15.8. The summed E-state index contributed by atoms with van der Waals surface area (Å²) in [5.74, 6) is -0.260. The van der Waals surface area contributed by atoms with Crippen LogP contribution < -0.4 is 0 Å². The molecule has 144 valence electrons. The highest BCUT2D eigenvalue weighted by molar-refractivity contribution is 5.87. The van der Waals surface area contributed by atoms with Crippen molar-refractivity contribution in [3.05, 3.63) is 47.3 Å². The summed E-state index contributed by atoms with van der Waals surface area (Å²) in [4.78, 5) is 13.4. The molecule has 0 spiro atoms. The molecular weight excluding hydrogens is 340 g/mol. The predicted octanol–water partition coefficient (Wildman–Crippen LogP) is 3.86. The third-order valence-corrected chi connectivity index (χ3v) is 6.09. The van der Waals surface area contributed by atoms with Crippen LogP contribution in [0.3, 0.4) is 0 Å². The normalized spacial score (nSPS) is 20.0. The molecule has 1 N–H and O–H groups in total. The highest BCUT2D eigenvalue weighted by Gasteiger charge is 2.24. The van der Waals surface area contributed by atoms with Crippen LogP contribution in [0.1, 0.15) is 78.5 Å². The van der Waals surface area contributed by atoms with Crippen molar-refractivity contribution in [3.63, 3.8) is 0 Å². The summed E-state index contributed by atoms with van der Waals surface area (Å²) in [6.45, 7) is 2.94. The van der Waals surface area contributed by atoms with Gasteiger partial charge in [0.15, 0.2) is 0 Å². The fourth-order valence-corrected chi connectivity index (χ4v) is 4.41. The van der Waals surface area contributed by atoms with Gasteiger partial charge in [-0.05, 0) is 43.4 Å². The number of hydrogen-bond donors (Lipinski definition) is 1. The summed E-state index contributed by atoms with van der Waals surface area (Å²) in [6.07, 6.45) is 10.9. The molecule has 0 bridgehead atoms. The zero-order valence-corrected chi connectivity index (χ0v) is 15.8. The first-order valence-electron chi connectivity index (χ1n) is 10.2. The van der Waals surface area contributed by atoms with Crippen LogP contribution in [-0.4, -0.2) is 44.1 Å². The van der Waals surface area contributed by atoms with Gasteiger partial charge in [0.25, 0.3) is 0 Å². The lowest BCUT2D eigenvalue weighted by Crippen LogP contribution is -2.34. The van der Waals surface area contributed by atoms with Gasteiger partial charge in [-0.15, -0.1) is 5.10 Å². The average Bonchev–Trinajstić information content (AvgIpc) is 3.20. The molecule has 2 aliphatic rings. The minimum absolute atomic E-state index is 0.345. The van der Waals surface area contributed by atoms with E-state index in [2.05, 4.69) is 26.1 Å². The van der Waals surface area contributed by atoms with E-state index in [1.165, 1.54) is 43.4 Å².